The van der Waals surface area contributed by atoms with E-state index < -0.39 is 23.0 Å². The summed E-state index contributed by atoms with van der Waals surface area (Å²) in [4.78, 5) is 29.5. The van der Waals surface area contributed by atoms with Crippen molar-refractivity contribution in [1.29, 1.82) is 10.5 Å². The van der Waals surface area contributed by atoms with Crippen molar-refractivity contribution in [3.05, 3.63) is 77.9 Å². The number of carbonyl (C=O) groups excluding carboxylic acids is 2. The van der Waals surface area contributed by atoms with Crippen LogP contribution >= 0.6 is 0 Å². The van der Waals surface area contributed by atoms with Gasteiger partial charge >= 0.3 is 0 Å². The van der Waals surface area contributed by atoms with Gasteiger partial charge in [0.25, 0.3) is 0 Å². The molecule has 3 aromatic carbocycles. The van der Waals surface area contributed by atoms with E-state index in [2.05, 4.69) is 12.1 Å². The summed E-state index contributed by atoms with van der Waals surface area (Å²) in [5, 5.41) is 20.3. The molecule has 3 saturated heterocycles. The lowest BCUT2D eigenvalue weighted by Gasteiger charge is -2.31. The number of rotatable bonds is 8. The van der Waals surface area contributed by atoms with Crippen LogP contribution in [-0.4, -0.2) is 29.6 Å². The van der Waals surface area contributed by atoms with Gasteiger partial charge in [0.05, 0.1) is 53.0 Å². The van der Waals surface area contributed by atoms with Gasteiger partial charge in [0.1, 0.15) is 0 Å². The molecule has 3 aliphatic heterocycles. The smallest absolute Gasteiger partial charge is 0.240 e. The molecule has 190 valence electrons. The van der Waals surface area contributed by atoms with Gasteiger partial charge in [0.2, 0.25) is 11.8 Å². The molecule has 7 nitrogen and oxygen atoms in total. The molecule has 3 fully saturated rings. The molecule has 0 aromatic heterocycles. The first-order valence-corrected chi connectivity index (χ1v) is 13.0. The fourth-order valence-electron chi connectivity index (χ4n) is 6.85. The van der Waals surface area contributed by atoms with E-state index in [1.165, 1.54) is 4.90 Å². The van der Waals surface area contributed by atoms with Gasteiger partial charge in [-0.25, -0.2) is 4.90 Å². The van der Waals surface area contributed by atoms with Crippen LogP contribution in [0.5, 0.6) is 0 Å². The molecule has 3 aliphatic rings. The highest BCUT2D eigenvalue weighted by molar-refractivity contribution is 6.26. The Morgan fingerprint density at radius 2 is 1.53 bits per heavy atom. The summed E-state index contributed by atoms with van der Waals surface area (Å²) in [7, 11) is 0. The van der Waals surface area contributed by atoms with Crippen LogP contribution in [0.4, 0.5) is 5.69 Å². The quantitative estimate of drug-likeness (QED) is 0.314. The highest BCUT2D eigenvalue weighted by Gasteiger charge is 2.75. The number of anilines is 1. The Morgan fingerprint density at radius 3 is 2.21 bits per heavy atom. The van der Waals surface area contributed by atoms with Crippen LogP contribution in [0.1, 0.15) is 43.2 Å². The van der Waals surface area contributed by atoms with Crippen molar-refractivity contribution in [2.24, 2.45) is 11.8 Å². The zero-order valence-corrected chi connectivity index (χ0v) is 20.9. The largest absolute Gasteiger partial charge is 0.377 e. The second kappa shape index (κ2) is 9.36. The van der Waals surface area contributed by atoms with Crippen molar-refractivity contribution in [3.8, 4) is 12.1 Å². The molecule has 0 spiro atoms. The first-order chi connectivity index (χ1) is 18.5. The van der Waals surface area contributed by atoms with Crippen molar-refractivity contribution in [2.75, 3.05) is 11.5 Å². The summed E-state index contributed by atoms with van der Waals surface area (Å²) in [5.41, 5.74) is 0.416. The Kier molecular flexibility index (Phi) is 5.99. The SMILES string of the molecule is N#CCC[C@]12CCC(CCOCc3ccccc3)(O1)[C@@H]1C(=O)N(c3ccc(C#N)c4ccccc34)C(=O)C12. The monoisotopic (exact) mass is 505 g/mol. The average Bonchev–Trinajstić information content (AvgIpc) is 3.56. The summed E-state index contributed by atoms with van der Waals surface area (Å²) >= 11 is 0. The molecule has 3 aromatic rings. The number of hydrogen-bond donors (Lipinski definition) is 0. The molecular weight excluding hydrogens is 478 g/mol. The summed E-state index contributed by atoms with van der Waals surface area (Å²) in [6.07, 6.45) is 2.45. The molecule has 0 N–H and O–H groups in total. The van der Waals surface area contributed by atoms with Crippen molar-refractivity contribution in [3.63, 3.8) is 0 Å². The molecule has 0 aliphatic carbocycles. The molecule has 4 atom stereocenters. The molecule has 0 radical (unpaired) electrons. The van der Waals surface area contributed by atoms with Gasteiger partial charge in [-0.15, -0.1) is 0 Å². The maximum atomic E-state index is 14.1. The van der Waals surface area contributed by atoms with Gasteiger partial charge in [0.15, 0.2) is 0 Å². The van der Waals surface area contributed by atoms with Crippen LogP contribution in [0.15, 0.2) is 66.7 Å². The molecule has 2 unspecified atom stereocenters. The Hall–Kier alpha value is -4.04. The zero-order chi connectivity index (χ0) is 26.3. The standard InChI is InChI=1S/C31H27N3O4/c32-17-6-13-30-14-15-31(38-30,16-18-37-20-21-7-2-1-3-8-21)27-26(30)28(35)34(29(27)36)25-12-11-22(19-33)23-9-4-5-10-24(23)25/h1-5,7-12,26-27H,6,13-16,18,20H2/t26?,27-,30+,31?/m0/s1. The van der Waals surface area contributed by atoms with Crippen LogP contribution in [0.25, 0.3) is 10.8 Å². The number of amides is 2. The predicted molar refractivity (Wildman–Crippen MR) is 139 cm³/mol. The van der Waals surface area contributed by atoms with E-state index in [0.717, 1.165) is 5.56 Å². The van der Waals surface area contributed by atoms with Crippen LogP contribution in [0.3, 0.4) is 0 Å². The molecule has 38 heavy (non-hydrogen) atoms. The van der Waals surface area contributed by atoms with Crippen molar-refractivity contribution in [2.45, 2.75) is 49.9 Å². The normalized spacial score (nSPS) is 27.5. The minimum atomic E-state index is -0.830. The number of fused-ring (bicyclic) bond motifs is 6. The summed E-state index contributed by atoms with van der Waals surface area (Å²) in [6.45, 7) is 0.856. The molecular formula is C31H27N3O4. The van der Waals surface area contributed by atoms with Crippen LogP contribution in [0, 0.1) is 34.5 Å². The van der Waals surface area contributed by atoms with Gasteiger partial charge in [-0.1, -0.05) is 54.6 Å². The zero-order valence-electron chi connectivity index (χ0n) is 20.9. The Bertz CT molecular complexity index is 1510. The Morgan fingerprint density at radius 1 is 0.868 bits per heavy atom. The maximum absolute atomic E-state index is 14.1. The molecule has 6 rings (SSSR count). The lowest BCUT2D eigenvalue weighted by Crippen LogP contribution is -2.43. The minimum absolute atomic E-state index is 0.255. The van der Waals surface area contributed by atoms with Gasteiger partial charge < -0.3 is 9.47 Å². The molecule has 2 amide bonds. The van der Waals surface area contributed by atoms with Crippen molar-refractivity contribution >= 4 is 28.3 Å². The molecule has 2 bridgehead atoms. The average molecular weight is 506 g/mol. The van der Waals surface area contributed by atoms with Crippen LogP contribution < -0.4 is 4.90 Å². The van der Waals surface area contributed by atoms with E-state index >= 15 is 0 Å². The third-order valence-electron chi connectivity index (χ3n) is 8.52. The number of ether oxygens (including phenoxy) is 2. The Balaban J connectivity index is 1.33. The molecule has 7 heteroatoms. The number of hydrogen-bond acceptors (Lipinski definition) is 6. The number of nitrogens with zero attached hydrogens (tertiary/aromatic N) is 3. The van der Waals surface area contributed by atoms with Crippen LogP contribution in [-0.2, 0) is 25.7 Å². The first kappa shape index (κ1) is 24.3. The topological polar surface area (TPSA) is 103 Å². The Labute approximate surface area is 221 Å². The maximum Gasteiger partial charge on any atom is 0.240 e. The fraction of sp³-hybridized carbons (Fsp3) is 0.355. The van der Waals surface area contributed by atoms with Crippen molar-refractivity contribution < 1.29 is 19.1 Å². The second-order valence-corrected chi connectivity index (χ2v) is 10.4. The highest BCUT2D eigenvalue weighted by atomic mass is 16.5. The van der Waals surface area contributed by atoms with Crippen molar-refractivity contribution in [1.82, 2.24) is 0 Å². The summed E-state index contributed by atoms with van der Waals surface area (Å²) < 4.78 is 12.6. The van der Waals surface area contributed by atoms with E-state index in [4.69, 9.17) is 9.47 Å². The van der Waals surface area contributed by atoms with E-state index in [-0.39, 0.29) is 18.2 Å². The third kappa shape index (κ3) is 3.62. The molecule has 0 saturated carbocycles. The lowest BCUT2D eigenvalue weighted by molar-refractivity contribution is -0.133. The van der Waals surface area contributed by atoms with E-state index in [9.17, 15) is 20.1 Å². The minimum Gasteiger partial charge on any atom is -0.377 e. The fourth-order valence-corrected chi connectivity index (χ4v) is 6.85. The number of carbonyl (C=O) groups is 2. The highest BCUT2D eigenvalue weighted by Crippen LogP contribution is 2.64. The van der Waals surface area contributed by atoms with Gasteiger partial charge in [-0.3, -0.25) is 9.59 Å². The van der Waals surface area contributed by atoms with Gasteiger partial charge in [-0.2, -0.15) is 10.5 Å². The van der Waals surface area contributed by atoms with E-state index in [0.29, 0.717) is 60.9 Å². The van der Waals surface area contributed by atoms with Crippen LogP contribution in [0.2, 0.25) is 0 Å². The molecule has 3 heterocycles. The number of nitriles is 2. The van der Waals surface area contributed by atoms with E-state index in [1.54, 1.807) is 12.1 Å². The number of benzene rings is 3. The first-order valence-electron chi connectivity index (χ1n) is 13.0. The predicted octanol–water partition coefficient (Wildman–Crippen LogP) is 5.03. The summed E-state index contributed by atoms with van der Waals surface area (Å²) in [5.74, 6) is -1.81. The second-order valence-electron chi connectivity index (χ2n) is 10.4. The van der Waals surface area contributed by atoms with Gasteiger partial charge in [-0.05, 0) is 37.0 Å². The van der Waals surface area contributed by atoms with Gasteiger partial charge in [0, 0.05) is 30.2 Å². The lowest BCUT2D eigenvalue weighted by atomic mass is 9.65. The summed E-state index contributed by atoms with van der Waals surface area (Å²) in [6, 6.07) is 25.0. The third-order valence-corrected chi connectivity index (χ3v) is 8.52. The van der Waals surface area contributed by atoms with E-state index in [1.807, 2.05) is 54.6 Å². The number of imide groups is 1.